The number of aryl methyl sites for hydroxylation is 1. The number of ether oxygens (including phenoxy) is 1. The van der Waals surface area contributed by atoms with E-state index in [4.69, 9.17) is 4.74 Å². The van der Waals surface area contributed by atoms with Gasteiger partial charge in [-0.3, -0.25) is 4.79 Å². The first kappa shape index (κ1) is 11.8. The molecule has 0 saturated carbocycles. The first-order valence-electron chi connectivity index (χ1n) is 5.37. The van der Waals surface area contributed by atoms with Crippen LogP contribution in [-0.4, -0.2) is 12.9 Å². The summed E-state index contributed by atoms with van der Waals surface area (Å²) in [6.07, 6.45) is 3.35. The molecular weight excluding hydrogens is 188 g/mol. The predicted molar refractivity (Wildman–Crippen MR) is 61.6 cm³/mol. The highest BCUT2D eigenvalue weighted by Crippen LogP contribution is 2.21. The number of benzene rings is 1. The molecule has 82 valence electrons. The summed E-state index contributed by atoms with van der Waals surface area (Å²) in [5, 5.41) is 0. The van der Waals surface area contributed by atoms with E-state index in [1.54, 1.807) is 14.0 Å². The van der Waals surface area contributed by atoms with E-state index in [-0.39, 0.29) is 5.78 Å². The third-order valence-electron chi connectivity index (χ3n) is 2.46. The number of hydrogen-bond donors (Lipinski definition) is 0. The fourth-order valence-electron chi connectivity index (χ4n) is 1.57. The van der Waals surface area contributed by atoms with Crippen LogP contribution in [0.15, 0.2) is 18.2 Å². The lowest BCUT2D eigenvalue weighted by Crippen LogP contribution is -1.99. The van der Waals surface area contributed by atoms with E-state index in [9.17, 15) is 4.79 Å². The van der Waals surface area contributed by atoms with Crippen molar-refractivity contribution in [3.05, 3.63) is 29.3 Å². The fraction of sp³-hybridized carbons (Fsp3) is 0.462. The zero-order chi connectivity index (χ0) is 11.3. The van der Waals surface area contributed by atoms with Crippen LogP contribution < -0.4 is 4.74 Å². The van der Waals surface area contributed by atoms with Crippen LogP contribution in [0.4, 0.5) is 0 Å². The highest BCUT2D eigenvalue weighted by Gasteiger charge is 2.08. The first-order chi connectivity index (χ1) is 7.19. The molecule has 0 radical (unpaired) electrons. The standard InChI is InChI=1S/C13H18O2/c1-4-5-6-11-7-8-13(15-3)12(9-11)10(2)14/h7-9H,4-6H2,1-3H3. The van der Waals surface area contributed by atoms with Crippen molar-refractivity contribution in [2.45, 2.75) is 33.1 Å². The van der Waals surface area contributed by atoms with Crippen molar-refractivity contribution in [2.75, 3.05) is 7.11 Å². The van der Waals surface area contributed by atoms with Gasteiger partial charge in [0.2, 0.25) is 0 Å². The summed E-state index contributed by atoms with van der Waals surface area (Å²) in [6, 6.07) is 5.85. The highest BCUT2D eigenvalue weighted by molar-refractivity contribution is 5.97. The maximum absolute atomic E-state index is 11.4. The van der Waals surface area contributed by atoms with Gasteiger partial charge in [0.15, 0.2) is 5.78 Å². The molecule has 0 aliphatic carbocycles. The average Bonchev–Trinajstić information content (AvgIpc) is 2.25. The van der Waals surface area contributed by atoms with Crippen molar-refractivity contribution in [1.82, 2.24) is 0 Å². The van der Waals surface area contributed by atoms with Gasteiger partial charge >= 0.3 is 0 Å². The van der Waals surface area contributed by atoms with Gasteiger partial charge in [0.25, 0.3) is 0 Å². The molecule has 0 atom stereocenters. The van der Waals surface area contributed by atoms with Crippen molar-refractivity contribution in [1.29, 1.82) is 0 Å². The molecule has 0 unspecified atom stereocenters. The van der Waals surface area contributed by atoms with Crippen LogP contribution in [0.3, 0.4) is 0 Å². The fourth-order valence-corrected chi connectivity index (χ4v) is 1.57. The topological polar surface area (TPSA) is 26.3 Å². The van der Waals surface area contributed by atoms with Gasteiger partial charge < -0.3 is 4.74 Å². The number of Topliss-reactive ketones (excluding diaryl/α,β-unsaturated/α-hetero) is 1. The van der Waals surface area contributed by atoms with Gasteiger partial charge in [-0.05, 0) is 37.5 Å². The van der Waals surface area contributed by atoms with E-state index in [1.165, 1.54) is 12.0 Å². The average molecular weight is 206 g/mol. The Balaban J connectivity index is 2.94. The van der Waals surface area contributed by atoms with Gasteiger partial charge in [0, 0.05) is 0 Å². The van der Waals surface area contributed by atoms with Gasteiger partial charge in [0.05, 0.1) is 12.7 Å². The number of carbonyl (C=O) groups is 1. The van der Waals surface area contributed by atoms with E-state index in [0.717, 1.165) is 12.8 Å². The summed E-state index contributed by atoms with van der Waals surface area (Å²) >= 11 is 0. The maximum Gasteiger partial charge on any atom is 0.163 e. The smallest absolute Gasteiger partial charge is 0.163 e. The molecule has 2 nitrogen and oxygen atoms in total. The van der Waals surface area contributed by atoms with Crippen LogP contribution in [0.2, 0.25) is 0 Å². The van der Waals surface area contributed by atoms with Crippen LogP contribution in [-0.2, 0) is 6.42 Å². The summed E-state index contributed by atoms with van der Waals surface area (Å²) in [5.41, 5.74) is 1.90. The van der Waals surface area contributed by atoms with E-state index in [0.29, 0.717) is 11.3 Å². The van der Waals surface area contributed by atoms with Gasteiger partial charge in [0.1, 0.15) is 5.75 Å². The van der Waals surface area contributed by atoms with Crippen molar-refractivity contribution in [2.24, 2.45) is 0 Å². The lowest BCUT2D eigenvalue weighted by molar-refractivity contribution is 0.101. The summed E-state index contributed by atoms with van der Waals surface area (Å²) in [5.74, 6) is 0.730. The Hall–Kier alpha value is -1.31. The zero-order valence-electron chi connectivity index (χ0n) is 9.67. The molecule has 0 fully saturated rings. The minimum atomic E-state index is 0.0604. The molecule has 0 aromatic heterocycles. The monoisotopic (exact) mass is 206 g/mol. The largest absolute Gasteiger partial charge is 0.496 e. The van der Waals surface area contributed by atoms with E-state index < -0.39 is 0 Å². The molecule has 1 aromatic rings. The van der Waals surface area contributed by atoms with E-state index in [1.807, 2.05) is 18.2 Å². The van der Waals surface area contributed by atoms with Gasteiger partial charge in [-0.25, -0.2) is 0 Å². The molecule has 2 heteroatoms. The van der Waals surface area contributed by atoms with E-state index in [2.05, 4.69) is 6.92 Å². The number of unbranched alkanes of at least 4 members (excludes halogenated alkanes) is 1. The zero-order valence-corrected chi connectivity index (χ0v) is 9.67. The molecule has 0 spiro atoms. The van der Waals surface area contributed by atoms with Gasteiger partial charge in [-0.15, -0.1) is 0 Å². The highest BCUT2D eigenvalue weighted by atomic mass is 16.5. The lowest BCUT2D eigenvalue weighted by Gasteiger charge is -2.08. The predicted octanol–water partition coefficient (Wildman–Crippen LogP) is 3.24. The quantitative estimate of drug-likeness (QED) is 0.691. The number of hydrogen-bond acceptors (Lipinski definition) is 2. The number of carbonyl (C=O) groups excluding carboxylic acids is 1. The summed E-state index contributed by atoms with van der Waals surface area (Å²) in [4.78, 5) is 11.4. The Bertz CT molecular complexity index is 342. The lowest BCUT2D eigenvalue weighted by atomic mass is 10.0. The Morgan fingerprint density at radius 3 is 2.67 bits per heavy atom. The molecule has 0 bridgehead atoms. The van der Waals surface area contributed by atoms with Crippen LogP contribution >= 0.6 is 0 Å². The Morgan fingerprint density at radius 2 is 2.13 bits per heavy atom. The van der Waals surface area contributed by atoms with Crippen molar-refractivity contribution in [3.63, 3.8) is 0 Å². The Morgan fingerprint density at radius 1 is 1.40 bits per heavy atom. The molecule has 0 aliphatic rings. The molecule has 0 amide bonds. The number of ketones is 1. The maximum atomic E-state index is 11.4. The van der Waals surface area contributed by atoms with Crippen molar-refractivity contribution < 1.29 is 9.53 Å². The second-order valence-electron chi connectivity index (χ2n) is 3.69. The van der Waals surface area contributed by atoms with Gasteiger partial charge in [-0.1, -0.05) is 19.4 Å². The van der Waals surface area contributed by atoms with Crippen molar-refractivity contribution >= 4 is 5.78 Å². The number of rotatable bonds is 5. The minimum absolute atomic E-state index is 0.0604. The first-order valence-corrected chi connectivity index (χ1v) is 5.37. The normalized spacial score (nSPS) is 10.1. The summed E-state index contributed by atoms with van der Waals surface area (Å²) in [6.45, 7) is 3.73. The summed E-state index contributed by atoms with van der Waals surface area (Å²) < 4.78 is 5.15. The Kier molecular flexibility index (Phi) is 4.35. The molecule has 0 N–H and O–H groups in total. The third kappa shape index (κ3) is 3.08. The second kappa shape index (κ2) is 5.54. The molecule has 1 aromatic carbocycles. The molecule has 15 heavy (non-hydrogen) atoms. The SMILES string of the molecule is CCCCc1ccc(OC)c(C(C)=O)c1. The van der Waals surface area contributed by atoms with Crippen LogP contribution in [0.25, 0.3) is 0 Å². The number of methoxy groups -OCH3 is 1. The molecule has 0 heterocycles. The molecule has 0 saturated heterocycles. The molecule has 0 aliphatic heterocycles. The van der Waals surface area contributed by atoms with Crippen molar-refractivity contribution in [3.8, 4) is 5.75 Å². The van der Waals surface area contributed by atoms with E-state index >= 15 is 0 Å². The van der Waals surface area contributed by atoms with Gasteiger partial charge in [-0.2, -0.15) is 0 Å². The second-order valence-corrected chi connectivity index (χ2v) is 3.69. The summed E-state index contributed by atoms with van der Waals surface area (Å²) in [7, 11) is 1.59. The Labute approximate surface area is 91.3 Å². The molecular formula is C13H18O2. The van der Waals surface area contributed by atoms with Crippen LogP contribution in [0.1, 0.15) is 42.6 Å². The van der Waals surface area contributed by atoms with Crippen LogP contribution in [0.5, 0.6) is 5.75 Å². The molecule has 1 rings (SSSR count). The third-order valence-corrected chi connectivity index (χ3v) is 2.46. The van der Waals surface area contributed by atoms with Crippen LogP contribution in [0, 0.1) is 0 Å². The minimum Gasteiger partial charge on any atom is -0.496 e.